The summed E-state index contributed by atoms with van der Waals surface area (Å²) in [6, 6.07) is 8.63. The van der Waals surface area contributed by atoms with Gasteiger partial charge in [0.1, 0.15) is 0 Å². The molecular formula is C11H12Cl2Zr. The van der Waals surface area contributed by atoms with Gasteiger partial charge in [0.15, 0.2) is 0 Å². The maximum Gasteiger partial charge on any atom is 2.00 e. The number of hydrogen-bond donors (Lipinski definition) is 0. The van der Waals surface area contributed by atoms with Crippen molar-refractivity contribution in [2.45, 2.75) is 19.8 Å². The monoisotopic (exact) mass is 304 g/mol. The van der Waals surface area contributed by atoms with Gasteiger partial charge < -0.3 is 24.8 Å². The predicted octanol–water partition coefficient (Wildman–Crippen LogP) is -2.96. The second kappa shape index (κ2) is 7.68. The summed E-state index contributed by atoms with van der Waals surface area (Å²) in [6.45, 7) is 2.22. The van der Waals surface area contributed by atoms with Crippen LogP contribution < -0.4 is 24.8 Å². The first-order valence-electron chi connectivity index (χ1n) is 4.17. The van der Waals surface area contributed by atoms with Crippen LogP contribution in [0.3, 0.4) is 0 Å². The van der Waals surface area contributed by atoms with Gasteiger partial charge in [-0.25, -0.2) is 0 Å². The fraction of sp³-hybridized carbons (Fsp3) is 0.273. The van der Waals surface area contributed by atoms with Crippen LogP contribution in [0.5, 0.6) is 0 Å². The number of halogens is 2. The Kier molecular flexibility index (Phi) is 9.24. The van der Waals surface area contributed by atoms with Gasteiger partial charge >= 0.3 is 26.2 Å². The molecule has 0 nitrogen and oxygen atoms in total. The van der Waals surface area contributed by atoms with E-state index in [1.54, 1.807) is 5.57 Å². The standard InChI is InChI=1S/C11H12.2ClH.Zr/c1-2-9-7-10-5-3-4-6-11(10)8-9;;;/h3-7H,2,8H2,1H3;2*1H;/q;;;+2/p-2. The molecule has 0 amide bonds. The number of allylic oxidation sites excluding steroid dienone is 1. The second-order valence-corrected chi connectivity index (χ2v) is 3.03. The van der Waals surface area contributed by atoms with Gasteiger partial charge in [-0.2, -0.15) is 0 Å². The minimum absolute atomic E-state index is 0. The van der Waals surface area contributed by atoms with Gasteiger partial charge in [0.25, 0.3) is 0 Å². The molecule has 74 valence electrons. The molecule has 1 aliphatic rings. The number of hydrogen-bond acceptors (Lipinski definition) is 0. The third-order valence-corrected chi connectivity index (χ3v) is 2.29. The smallest absolute Gasteiger partial charge is 1.00 e. The molecule has 14 heavy (non-hydrogen) atoms. The molecule has 1 aliphatic carbocycles. The number of rotatable bonds is 1. The average Bonchev–Trinajstić information content (AvgIpc) is 2.46. The van der Waals surface area contributed by atoms with E-state index in [9.17, 15) is 0 Å². The van der Waals surface area contributed by atoms with Crippen LogP contribution in [0.1, 0.15) is 24.5 Å². The molecular weight excluding hydrogens is 294 g/mol. The first-order chi connectivity index (χ1) is 5.40. The zero-order valence-electron chi connectivity index (χ0n) is 8.06. The molecule has 0 saturated carbocycles. The third-order valence-electron chi connectivity index (χ3n) is 2.29. The molecule has 0 radical (unpaired) electrons. The van der Waals surface area contributed by atoms with E-state index in [1.165, 1.54) is 24.0 Å². The molecule has 1 aromatic carbocycles. The van der Waals surface area contributed by atoms with Crippen molar-refractivity contribution in [2.75, 3.05) is 0 Å². The summed E-state index contributed by atoms with van der Waals surface area (Å²) in [5.74, 6) is 0. The zero-order chi connectivity index (χ0) is 7.68. The topological polar surface area (TPSA) is 0 Å². The Morgan fingerprint density at radius 2 is 1.79 bits per heavy atom. The molecule has 0 atom stereocenters. The molecule has 0 unspecified atom stereocenters. The fourth-order valence-electron chi connectivity index (χ4n) is 1.58. The Morgan fingerprint density at radius 1 is 1.14 bits per heavy atom. The third kappa shape index (κ3) is 3.53. The normalized spacial score (nSPS) is 11.4. The Hall–Kier alpha value is 0.423. The van der Waals surface area contributed by atoms with E-state index in [0.29, 0.717) is 0 Å². The van der Waals surface area contributed by atoms with Gasteiger partial charge in [-0.1, -0.05) is 42.8 Å². The van der Waals surface area contributed by atoms with Crippen molar-refractivity contribution in [2.24, 2.45) is 0 Å². The SMILES string of the molecule is CCC1=Cc2ccccc2C1.[Cl-].[Cl-].[Zr+2]. The summed E-state index contributed by atoms with van der Waals surface area (Å²) in [4.78, 5) is 0. The Morgan fingerprint density at radius 3 is 2.36 bits per heavy atom. The van der Waals surface area contributed by atoms with Gasteiger partial charge in [-0.3, -0.25) is 0 Å². The maximum atomic E-state index is 2.31. The van der Waals surface area contributed by atoms with Crippen LogP contribution in [0.25, 0.3) is 6.08 Å². The number of fused-ring (bicyclic) bond motifs is 1. The van der Waals surface area contributed by atoms with Crippen LogP contribution >= 0.6 is 0 Å². The van der Waals surface area contributed by atoms with Crippen molar-refractivity contribution >= 4 is 6.08 Å². The predicted molar refractivity (Wildman–Crippen MR) is 48.4 cm³/mol. The van der Waals surface area contributed by atoms with Gasteiger partial charge in [0, 0.05) is 0 Å². The van der Waals surface area contributed by atoms with Crippen molar-refractivity contribution in [1.29, 1.82) is 0 Å². The van der Waals surface area contributed by atoms with E-state index >= 15 is 0 Å². The molecule has 0 N–H and O–H groups in total. The van der Waals surface area contributed by atoms with Crippen LogP contribution in [0.15, 0.2) is 29.8 Å². The Balaban J connectivity index is 0. The Bertz CT molecular complexity index is 308. The van der Waals surface area contributed by atoms with E-state index < -0.39 is 0 Å². The molecule has 0 fully saturated rings. The minimum atomic E-state index is 0. The minimum Gasteiger partial charge on any atom is -1.00 e. The van der Waals surface area contributed by atoms with Crippen LogP contribution in [0.4, 0.5) is 0 Å². The molecule has 0 aromatic heterocycles. The van der Waals surface area contributed by atoms with E-state index in [2.05, 4.69) is 37.3 Å². The first-order valence-corrected chi connectivity index (χ1v) is 4.17. The maximum absolute atomic E-state index is 2.31. The second-order valence-electron chi connectivity index (χ2n) is 3.03. The molecule has 0 saturated heterocycles. The largest absolute Gasteiger partial charge is 2.00 e. The molecule has 2 rings (SSSR count). The van der Waals surface area contributed by atoms with Crippen molar-refractivity contribution in [1.82, 2.24) is 0 Å². The quantitative estimate of drug-likeness (QED) is 0.520. The van der Waals surface area contributed by atoms with Crippen LogP contribution in [-0.4, -0.2) is 0 Å². The van der Waals surface area contributed by atoms with Crippen molar-refractivity contribution < 1.29 is 51.0 Å². The van der Waals surface area contributed by atoms with Crippen LogP contribution in [0, 0.1) is 0 Å². The van der Waals surface area contributed by atoms with Crippen LogP contribution in [0.2, 0.25) is 0 Å². The fourth-order valence-corrected chi connectivity index (χ4v) is 1.58. The summed E-state index contributed by atoms with van der Waals surface area (Å²) in [7, 11) is 0. The van der Waals surface area contributed by atoms with Crippen molar-refractivity contribution in [3.63, 3.8) is 0 Å². The molecule has 0 heterocycles. The Labute approximate surface area is 117 Å². The molecule has 0 spiro atoms. The summed E-state index contributed by atoms with van der Waals surface area (Å²) in [5, 5.41) is 0. The van der Waals surface area contributed by atoms with Crippen molar-refractivity contribution in [3.05, 3.63) is 41.0 Å². The summed E-state index contributed by atoms with van der Waals surface area (Å²) in [6.07, 6.45) is 4.68. The van der Waals surface area contributed by atoms with Crippen molar-refractivity contribution in [3.8, 4) is 0 Å². The van der Waals surface area contributed by atoms with E-state index in [4.69, 9.17) is 0 Å². The first kappa shape index (κ1) is 16.8. The van der Waals surface area contributed by atoms with Gasteiger partial charge in [0.2, 0.25) is 0 Å². The molecule has 0 bridgehead atoms. The zero-order valence-corrected chi connectivity index (χ0v) is 12.0. The van der Waals surface area contributed by atoms with E-state index in [-0.39, 0.29) is 51.0 Å². The average molecular weight is 306 g/mol. The molecule has 3 heteroatoms. The van der Waals surface area contributed by atoms with Crippen LogP contribution in [-0.2, 0) is 32.6 Å². The summed E-state index contributed by atoms with van der Waals surface area (Å²) >= 11 is 0. The molecule has 0 aliphatic heterocycles. The number of benzene rings is 1. The van der Waals surface area contributed by atoms with E-state index in [1.807, 2.05) is 0 Å². The molecule has 1 aromatic rings. The van der Waals surface area contributed by atoms with Gasteiger partial charge in [0.05, 0.1) is 0 Å². The summed E-state index contributed by atoms with van der Waals surface area (Å²) < 4.78 is 0. The van der Waals surface area contributed by atoms with E-state index in [0.717, 1.165) is 0 Å². The summed E-state index contributed by atoms with van der Waals surface area (Å²) in [5.41, 5.74) is 4.47. The van der Waals surface area contributed by atoms with Gasteiger partial charge in [-0.05, 0) is 24.0 Å². The van der Waals surface area contributed by atoms with Gasteiger partial charge in [-0.15, -0.1) is 0 Å².